The van der Waals surface area contributed by atoms with Crippen molar-refractivity contribution in [2.45, 2.75) is 38.9 Å². The number of aromatic amines is 1. The van der Waals surface area contributed by atoms with E-state index in [4.69, 9.17) is 17.0 Å². The van der Waals surface area contributed by atoms with Crippen molar-refractivity contribution < 1.29 is 4.74 Å². The minimum absolute atomic E-state index is 0.0437. The van der Waals surface area contributed by atoms with Crippen LogP contribution in [0.5, 0.6) is 0 Å². The molecule has 2 aromatic heterocycles. The quantitative estimate of drug-likeness (QED) is 0.693. The number of benzene rings is 1. The molecular weight excluding hydrogens is 340 g/mol. The first-order chi connectivity index (χ1) is 11.5. The number of nitrogens with zero attached hydrogens (tertiary/aromatic N) is 1. The molecule has 1 aromatic carbocycles. The van der Waals surface area contributed by atoms with E-state index in [9.17, 15) is 4.79 Å². The zero-order valence-corrected chi connectivity index (χ0v) is 15.2. The third kappa shape index (κ3) is 2.37. The molecule has 1 atom stereocenters. The van der Waals surface area contributed by atoms with Gasteiger partial charge in [-0.15, -0.1) is 11.3 Å². The summed E-state index contributed by atoms with van der Waals surface area (Å²) in [6.07, 6.45) is 1.67. The highest BCUT2D eigenvalue weighted by Crippen LogP contribution is 2.38. The molecule has 0 unspecified atom stereocenters. The van der Waals surface area contributed by atoms with E-state index >= 15 is 0 Å². The molecule has 0 saturated carbocycles. The molecule has 6 heteroatoms. The molecule has 0 radical (unpaired) electrons. The minimum Gasteiger partial charge on any atom is -0.369 e. The van der Waals surface area contributed by atoms with Gasteiger partial charge in [-0.1, -0.05) is 25.1 Å². The first kappa shape index (κ1) is 15.7. The summed E-state index contributed by atoms with van der Waals surface area (Å²) in [5.41, 5.74) is 1.65. The van der Waals surface area contributed by atoms with Crippen molar-refractivity contribution >= 4 is 33.8 Å². The zero-order chi connectivity index (χ0) is 16.9. The van der Waals surface area contributed by atoms with Crippen LogP contribution >= 0.6 is 23.6 Å². The Bertz CT molecular complexity index is 1030. The van der Waals surface area contributed by atoms with Crippen LogP contribution in [0, 0.1) is 4.77 Å². The van der Waals surface area contributed by atoms with Gasteiger partial charge in [0.25, 0.3) is 5.56 Å². The predicted molar refractivity (Wildman–Crippen MR) is 99.8 cm³/mol. The summed E-state index contributed by atoms with van der Waals surface area (Å²) in [7, 11) is 0. The van der Waals surface area contributed by atoms with Gasteiger partial charge in [-0.05, 0) is 43.3 Å². The molecule has 0 aliphatic carbocycles. The number of hydrogen-bond donors (Lipinski definition) is 1. The molecule has 124 valence electrons. The van der Waals surface area contributed by atoms with Crippen molar-refractivity contribution in [1.29, 1.82) is 0 Å². The van der Waals surface area contributed by atoms with E-state index in [1.54, 1.807) is 15.9 Å². The van der Waals surface area contributed by atoms with Crippen LogP contribution in [0.4, 0.5) is 0 Å². The summed E-state index contributed by atoms with van der Waals surface area (Å²) >= 11 is 7.02. The molecule has 0 amide bonds. The molecule has 1 N–H and O–H groups in total. The maximum Gasteiger partial charge on any atom is 0.267 e. The second kappa shape index (κ2) is 5.65. The number of hydrogen-bond acceptors (Lipinski definition) is 4. The van der Waals surface area contributed by atoms with Crippen molar-refractivity contribution in [1.82, 2.24) is 9.55 Å². The maximum atomic E-state index is 13.2. The average molecular weight is 358 g/mol. The fraction of sp³-hybridized carbons (Fsp3) is 0.333. The number of rotatable bonds is 2. The first-order valence-corrected chi connectivity index (χ1v) is 9.24. The van der Waals surface area contributed by atoms with E-state index in [-0.39, 0.29) is 11.2 Å². The molecule has 0 saturated heterocycles. The number of nitrogens with one attached hydrogen (secondary N) is 1. The lowest BCUT2D eigenvalue weighted by molar-refractivity contribution is -0.0543. The molecule has 1 aliphatic rings. The molecule has 3 heterocycles. The molecule has 24 heavy (non-hydrogen) atoms. The van der Waals surface area contributed by atoms with Gasteiger partial charge >= 0.3 is 0 Å². The van der Waals surface area contributed by atoms with Crippen LogP contribution in [0.15, 0.2) is 35.1 Å². The molecule has 1 aliphatic heterocycles. The van der Waals surface area contributed by atoms with Gasteiger partial charge in [-0.25, -0.2) is 0 Å². The standard InChI is InChI=1S/C18H18N2O2S2/c1-3-18(2)9-12-13(10-22-18)24-15-14(12)16(21)20(17(23)19-15)11-7-5-4-6-8-11/h4-8H,3,9-10H2,1-2H3,(H,19,23)/t18-/m1/s1. The van der Waals surface area contributed by atoms with Gasteiger partial charge in [0.15, 0.2) is 4.77 Å². The summed E-state index contributed by atoms with van der Waals surface area (Å²) in [4.78, 5) is 18.4. The van der Waals surface area contributed by atoms with Crippen molar-refractivity contribution in [2.75, 3.05) is 0 Å². The Labute approximate surface area is 148 Å². The van der Waals surface area contributed by atoms with Crippen LogP contribution in [-0.2, 0) is 17.8 Å². The Kier molecular flexibility index (Phi) is 3.71. The number of para-hydroxylation sites is 1. The first-order valence-electron chi connectivity index (χ1n) is 8.01. The second-order valence-electron chi connectivity index (χ2n) is 6.38. The predicted octanol–water partition coefficient (Wildman–Crippen LogP) is 4.35. The highest BCUT2D eigenvalue weighted by Gasteiger charge is 2.33. The number of fused-ring (bicyclic) bond motifs is 3. The number of H-pyrrole nitrogens is 1. The van der Waals surface area contributed by atoms with E-state index in [0.717, 1.165) is 39.2 Å². The van der Waals surface area contributed by atoms with Crippen LogP contribution < -0.4 is 5.56 Å². The van der Waals surface area contributed by atoms with E-state index in [2.05, 4.69) is 18.8 Å². The number of thiophene rings is 1. The second-order valence-corrected chi connectivity index (χ2v) is 7.87. The highest BCUT2D eigenvalue weighted by atomic mass is 32.1. The summed E-state index contributed by atoms with van der Waals surface area (Å²) in [5.74, 6) is 0. The molecule has 4 rings (SSSR count). The van der Waals surface area contributed by atoms with Gasteiger partial charge < -0.3 is 9.72 Å². The fourth-order valence-electron chi connectivity index (χ4n) is 3.19. The molecular formula is C18H18N2O2S2. The largest absolute Gasteiger partial charge is 0.369 e. The minimum atomic E-state index is -0.211. The number of ether oxygens (including phenoxy) is 1. The van der Waals surface area contributed by atoms with Gasteiger partial charge in [0, 0.05) is 11.3 Å². The lowest BCUT2D eigenvalue weighted by Gasteiger charge is -2.32. The Morgan fingerprint density at radius 1 is 1.38 bits per heavy atom. The van der Waals surface area contributed by atoms with Gasteiger partial charge in [0.1, 0.15) is 4.83 Å². The highest BCUT2D eigenvalue weighted by molar-refractivity contribution is 7.71. The van der Waals surface area contributed by atoms with E-state index in [1.165, 1.54) is 0 Å². The van der Waals surface area contributed by atoms with E-state index in [0.29, 0.717) is 11.4 Å². The Balaban J connectivity index is 2.01. The van der Waals surface area contributed by atoms with Crippen LogP contribution in [0.1, 0.15) is 30.7 Å². The van der Waals surface area contributed by atoms with Gasteiger partial charge in [0.2, 0.25) is 0 Å². The van der Waals surface area contributed by atoms with Crippen molar-refractivity contribution in [2.24, 2.45) is 0 Å². The van der Waals surface area contributed by atoms with Crippen LogP contribution in [0.25, 0.3) is 15.9 Å². The van der Waals surface area contributed by atoms with Gasteiger partial charge in [-0.2, -0.15) is 0 Å². The summed E-state index contributed by atoms with van der Waals surface area (Å²) in [6.45, 7) is 4.79. The van der Waals surface area contributed by atoms with Crippen molar-refractivity contribution in [3.05, 3.63) is 55.9 Å². The third-order valence-corrected chi connectivity index (χ3v) is 6.20. The Morgan fingerprint density at radius 2 is 2.12 bits per heavy atom. The number of aromatic nitrogens is 2. The van der Waals surface area contributed by atoms with E-state index < -0.39 is 0 Å². The van der Waals surface area contributed by atoms with Crippen LogP contribution in [0.3, 0.4) is 0 Å². The van der Waals surface area contributed by atoms with Crippen LogP contribution in [0.2, 0.25) is 0 Å². The maximum absolute atomic E-state index is 13.2. The molecule has 0 bridgehead atoms. The van der Waals surface area contributed by atoms with E-state index in [1.807, 2.05) is 30.3 Å². The molecule has 0 fully saturated rings. The Hall–Kier alpha value is -1.76. The smallest absolute Gasteiger partial charge is 0.267 e. The summed E-state index contributed by atoms with van der Waals surface area (Å²) < 4.78 is 8.03. The Morgan fingerprint density at radius 3 is 2.83 bits per heavy atom. The summed E-state index contributed by atoms with van der Waals surface area (Å²) in [5, 5.41) is 0.760. The lowest BCUT2D eigenvalue weighted by Crippen LogP contribution is -2.34. The topological polar surface area (TPSA) is 47.0 Å². The molecule has 3 aromatic rings. The molecule has 0 spiro atoms. The summed E-state index contributed by atoms with van der Waals surface area (Å²) in [6, 6.07) is 9.54. The monoisotopic (exact) mass is 358 g/mol. The molecule has 4 nitrogen and oxygen atoms in total. The lowest BCUT2D eigenvalue weighted by atomic mass is 9.90. The normalized spacial score (nSPS) is 20.2. The zero-order valence-electron chi connectivity index (χ0n) is 13.6. The SMILES string of the molecule is CC[C@]1(C)Cc2c(sc3[nH]c(=S)n(-c4ccccc4)c(=O)c23)CO1. The van der Waals surface area contributed by atoms with Gasteiger partial charge in [0.05, 0.1) is 23.3 Å². The third-order valence-electron chi connectivity index (χ3n) is 4.80. The van der Waals surface area contributed by atoms with Crippen molar-refractivity contribution in [3.8, 4) is 5.69 Å². The van der Waals surface area contributed by atoms with Crippen LogP contribution in [-0.4, -0.2) is 15.2 Å². The van der Waals surface area contributed by atoms with Gasteiger partial charge in [-0.3, -0.25) is 9.36 Å². The fourth-order valence-corrected chi connectivity index (χ4v) is 4.67. The van der Waals surface area contributed by atoms with Crippen molar-refractivity contribution in [3.63, 3.8) is 0 Å². The average Bonchev–Trinajstić information content (AvgIpc) is 2.93.